The van der Waals surface area contributed by atoms with Crippen molar-refractivity contribution in [2.45, 2.75) is 13.5 Å². The van der Waals surface area contributed by atoms with E-state index in [2.05, 4.69) is 9.99 Å². The number of anilines is 1. The number of rotatable bonds is 4. The van der Waals surface area contributed by atoms with Gasteiger partial charge in [0.1, 0.15) is 11.4 Å². The average Bonchev–Trinajstić information content (AvgIpc) is 3.23. The topological polar surface area (TPSA) is 54.3 Å². The summed E-state index contributed by atoms with van der Waals surface area (Å²) in [4.78, 5) is 25.7. The van der Waals surface area contributed by atoms with Crippen molar-refractivity contribution in [1.29, 1.82) is 0 Å². The lowest BCUT2D eigenvalue weighted by molar-refractivity contribution is -0.117. The van der Waals surface area contributed by atoms with Crippen LogP contribution < -0.4 is 10.4 Å². The van der Waals surface area contributed by atoms with E-state index >= 15 is 0 Å². The lowest BCUT2D eigenvalue weighted by atomic mass is 10.1. The van der Waals surface area contributed by atoms with E-state index in [1.165, 1.54) is 17.1 Å². The molecule has 158 valence electrons. The van der Waals surface area contributed by atoms with Crippen molar-refractivity contribution in [3.63, 3.8) is 0 Å². The number of nitrogens with zero attached hydrogens (tertiary/aromatic N) is 2. The van der Waals surface area contributed by atoms with Gasteiger partial charge in [0.15, 0.2) is 0 Å². The van der Waals surface area contributed by atoms with Gasteiger partial charge in [-0.15, -0.1) is 0 Å². The molecule has 2 amide bonds. The number of halogens is 1. The molecule has 1 saturated heterocycles. The number of fused-ring (bicyclic) bond motifs is 1. The standard InChI is InChI=1S/C26H20FN3O2/c1-17-22(15-23-25(31)28-30(26(23)32)20-10-3-2-4-11-20)21-12-5-6-13-24(21)29(17)16-18-8-7-9-19(27)14-18/h2-15H,16H2,1H3,(H,28,31)/b23-15-. The maximum absolute atomic E-state index is 13.7. The van der Waals surface area contributed by atoms with Crippen LogP contribution in [0.5, 0.6) is 0 Å². The summed E-state index contributed by atoms with van der Waals surface area (Å²) >= 11 is 0. The summed E-state index contributed by atoms with van der Waals surface area (Å²) in [6.07, 6.45) is 1.65. The summed E-state index contributed by atoms with van der Waals surface area (Å²) in [6.45, 7) is 2.42. The minimum Gasteiger partial charge on any atom is -0.340 e. The Morgan fingerprint density at radius 1 is 0.938 bits per heavy atom. The molecular formula is C26H20FN3O2. The molecule has 0 bridgehead atoms. The number of para-hydroxylation sites is 2. The van der Waals surface area contributed by atoms with Gasteiger partial charge >= 0.3 is 0 Å². The molecule has 1 aromatic heterocycles. The molecule has 5 rings (SSSR count). The van der Waals surface area contributed by atoms with Crippen LogP contribution in [0.2, 0.25) is 0 Å². The summed E-state index contributed by atoms with van der Waals surface area (Å²) < 4.78 is 15.8. The van der Waals surface area contributed by atoms with Crippen molar-refractivity contribution in [2.24, 2.45) is 0 Å². The first kappa shape index (κ1) is 19.8. The van der Waals surface area contributed by atoms with E-state index in [0.29, 0.717) is 12.2 Å². The maximum atomic E-state index is 13.7. The normalized spacial score (nSPS) is 15.1. The van der Waals surface area contributed by atoms with E-state index < -0.39 is 11.8 Å². The Morgan fingerprint density at radius 3 is 2.47 bits per heavy atom. The van der Waals surface area contributed by atoms with E-state index in [0.717, 1.165) is 27.7 Å². The molecule has 3 aromatic carbocycles. The predicted octanol–water partition coefficient (Wildman–Crippen LogP) is 4.60. The van der Waals surface area contributed by atoms with Crippen molar-refractivity contribution in [3.05, 3.63) is 107 Å². The summed E-state index contributed by atoms with van der Waals surface area (Å²) in [7, 11) is 0. The quantitative estimate of drug-likeness (QED) is 0.384. The van der Waals surface area contributed by atoms with Gasteiger partial charge in [-0.2, -0.15) is 0 Å². The Morgan fingerprint density at radius 2 is 1.69 bits per heavy atom. The van der Waals surface area contributed by atoms with Crippen LogP contribution in [0.1, 0.15) is 16.8 Å². The number of benzene rings is 3. The molecule has 1 aliphatic rings. The molecule has 32 heavy (non-hydrogen) atoms. The highest BCUT2D eigenvalue weighted by Gasteiger charge is 2.34. The Balaban J connectivity index is 1.59. The SMILES string of the molecule is Cc1c(/C=C2/C(=O)NN(c3ccccc3)C2=O)c2ccccc2n1Cc1cccc(F)c1. The highest BCUT2D eigenvalue weighted by molar-refractivity contribution is 6.32. The molecule has 1 fully saturated rings. The first-order valence-electron chi connectivity index (χ1n) is 10.3. The van der Waals surface area contributed by atoms with Crippen molar-refractivity contribution >= 4 is 34.5 Å². The highest BCUT2D eigenvalue weighted by Crippen LogP contribution is 2.30. The van der Waals surface area contributed by atoms with Crippen molar-refractivity contribution < 1.29 is 14.0 Å². The number of hydrogen-bond acceptors (Lipinski definition) is 2. The van der Waals surface area contributed by atoms with Gasteiger partial charge in [-0.05, 0) is 48.9 Å². The van der Waals surface area contributed by atoms with E-state index in [1.807, 2.05) is 43.3 Å². The lowest BCUT2D eigenvalue weighted by Crippen LogP contribution is -2.35. The van der Waals surface area contributed by atoms with Gasteiger partial charge in [0.2, 0.25) is 0 Å². The number of carbonyl (C=O) groups is 2. The summed E-state index contributed by atoms with van der Waals surface area (Å²) in [5.41, 5.74) is 6.78. The first-order chi connectivity index (χ1) is 15.5. The minimum absolute atomic E-state index is 0.0746. The van der Waals surface area contributed by atoms with Crippen LogP contribution in [0.3, 0.4) is 0 Å². The Kier molecular flexibility index (Phi) is 4.82. The number of hydrogen-bond donors (Lipinski definition) is 1. The molecule has 1 N–H and O–H groups in total. The van der Waals surface area contributed by atoms with Crippen LogP contribution in [-0.4, -0.2) is 16.4 Å². The Labute approximate surface area is 184 Å². The van der Waals surface area contributed by atoms with E-state index in [-0.39, 0.29) is 11.4 Å². The van der Waals surface area contributed by atoms with Gasteiger partial charge in [-0.25, -0.2) is 9.40 Å². The van der Waals surface area contributed by atoms with Crippen LogP contribution in [-0.2, 0) is 16.1 Å². The molecule has 1 aliphatic heterocycles. The summed E-state index contributed by atoms with van der Waals surface area (Å²) in [5, 5.41) is 2.18. The molecule has 0 radical (unpaired) electrons. The minimum atomic E-state index is -0.444. The summed E-state index contributed by atoms with van der Waals surface area (Å²) in [5.74, 6) is -1.13. The van der Waals surface area contributed by atoms with Crippen molar-refractivity contribution in [2.75, 3.05) is 5.01 Å². The van der Waals surface area contributed by atoms with Gasteiger partial charge in [0.25, 0.3) is 11.8 Å². The molecule has 0 atom stereocenters. The van der Waals surface area contributed by atoms with Gasteiger partial charge in [0.05, 0.1) is 5.69 Å². The lowest BCUT2D eigenvalue weighted by Gasteiger charge is -2.13. The van der Waals surface area contributed by atoms with Gasteiger partial charge in [-0.1, -0.05) is 48.5 Å². The monoisotopic (exact) mass is 425 g/mol. The zero-order valence-electron chi connectivity index (χ0n) is 17.4. The van der Waals surface area contributed by atoms with Crippen LogP contribution in [0.4, 0.5) is 10.1 Å². The fourth-order valence-corrected chi connectivity index (χ4v) is 4.12. The van der Waals surface area contributed by atoms with Gasteiger partial charge < -0.3 is 4.57 Å². The third-order valence-corrected chi connectivity index (χ3v) is 5.70. The third kappa shape index (κ3) is 3.36. The fourth-order valence-electron chi connectivity index (χ4n) is 4.12. The highest BCUT2D eigenvalue weighted by atomic mass is 19.1. The van der Waals surface area contributed by atoms with E-state index in [4.69, 9.17) is 0 Å². The van der Waals surface area contributed by atoms with Crippen molar-refractivity contribution in [1.82, 2.24) is 9.99 Å². The second kappa shape index (κ2) is 7.81. The Bertz CT molecular complexity index is 1390. The predicted molar refractivity (Wildman–Crippen MR) is 122 cm³/mol. The second-order valence-electron chi connectivity index (χ2n) is 7.71. The molecule has 0 aliphatic carbocycles. The van der Waals surface area contributed by atoms with Crippen LogP contribution in [0.25, 0.3) is 17.0 Å². The maximum Gasteiger partial charge on any atom is 0.282 e. The zero-order chi connectivity index (χ0) is 22.2. The third-order valence-electron chi connectivity index (χ3n) is 5.70. The molecule has 0 unspecified atom stereocenters. The number of hydrazine groups is 1. The number of carbonyl (C=O) groups excluding carboxylic acids is 2. The molecule has 0 spiro atoms. The molecule has 6 heteroatoms. The number of nitrogens with one attached hydrogen (secondary N) is 1. The molecule has 0 saturated carbocycles. The summed E-state index contributed by atoms with van der Waals surface area (Å²) in [6, 6.07) is 23.3. The molecule has 5 nitrogen and oxygen atoms in total. The first-order valence-corrected chi connectivity index (χ1v) is 10.3. The van der Waals surface area contributed by atoms with Gasteiger partial charge in [-0.3, -0.25) is 15.0 Å². The van der Waals surface area contributed by atoms with Crippen LogP contribution in [0, 0.1) is 12.7 Å². The Hall–Kier alpha value is -4.19. The average molecular weight is 425 g/mol. The number of amides is 2. The molecule has 4 aromatic rings. The smallest absolute Gasteiger partial charge is 0.282 e. The molecule has 2 heterocycles. The molecular weight excluding hydrogens is 405 g/mol. The number of aromatic nitrogens is 1. The van der Waals surface area contributed by atoms with Crippen LogP contribution >= 0.6 is 0 Å². The van der Waals surface area contributed by atoms with Crippen LogP contribution in [0.15, 0.2) is 84.4 Å². The zero-order valence-corrected chi connectivity index (χ0v) is 17.4. The van der Waals surface area contributed by atoms with E-state index in [9.17, 15) is 14.0 Å². The largest absolute Gasteiger partial charge is 0.340 e. The van der Waals surface area contributed by atoms with Gasteiger partial charge in [0, 0.05) is 28.7 Å². The van der Waals surface area contributed by atoms with Crippen molar-refractivity contribution in [3.8, 4) is 0 Å². The van der Waals surface area contributed by atoms with E-state index in [1.54, 1.807) is 36.4 Å². The fraction of sp³-hybridized carbons (Fsp3) is 0.0769. The second-order valence-corrected chi connectivity index (χ2v) is 7.71.